The molecule has 34 heavy (non-hydrogen) atoms. The zero-order valence-electron chi connectivity index (χ0n) is 17.0. The summed E-state index contributed by atoms with van der Waals surface area (Å²) in [4.78, 5) is 4.15. The molecule has 4 rings (SSSR count). The average Bonchev–Trinajstić information content (AvgIpc) is 3.22. The minimum Gasteiger partial charge on any atom is -0.490 e. The van der Waals surface area contributed by atoms with Crippen LogP contribution in [-0.4, -0.2) is 25.2 Å². The van der Waals surface area contributed by atoms with Crippen molar-refractivity contribution in [1.82, 2.24) is 0 Å². The van der Waals surface area contributed by atoms with Crippen LogP contribution in [0.2, 0.25) is 10.0 Å². The zero-order chi connectivity index (χ0) is 24.5. The van der Waals surface area contributed by atoms with Gasteiger partial charge in [0.05, 0.1) is 15.6 Å². The van der Waals surface area contributed by atoms with Crippen molar-refractivity contribution in [2.24, 2.45) is 4.99 Å². The third kappa shape index (κ3) is 5.20. The summed E-state index contributed by atoms with van der Waals surface area (Å²) in [5.41, 5.74) is -1.37. The van der Waals surface area contributed by atoms with Crippen molar-refractivity contribution in [2.45, 2.75) is 12.2 Å². The fourth-order valence-electron chi connectivity index (χ4n) is 3.12. The average molecular weight is 518 g/mol. The Balaban J connectivity index is 1.43. The van der Waals surface area contributed by atoms with Crippen LogP contribution in [0.1, 0.15) is 11.1 Å². The number of hydrogen-bond acceptors (Lipinski definition) is 4. The molecule has 0 aliphatic carbocycles. The number of aliphatic imine (C=N–C) groups is 1. The van der Waals surface area contributed by atoms with Crippen molar-refractivity contribution in [3.8, 4) is 17.2 Å². The molecule has 0 saturated carbocycles. The van der Waals surface area contributed by atoms with Crippen LogP contribution in [-0.2, 0) is 10.9 Å². The first-order chi connectivity index (χ1) is 16.1. The van der Waals surface area contributed by atoms with Crippen LogP contribution >= 0.6 is 23.2 Å². The standard InChI is InChI=1S/C23H14Cl2F5NO3/c24-15-9-13(34-19-6-1-3-14(21(19)25)23(28,29)30)7-8-18(15)32-10-12-11-33-22(31-12)20-16(26)4-2-5-17(20)27/h1-9,12H,10-11H2. The van der Waals surface area contributed by atoms with Crippen molar-refractivity contribution in [3.05, 3.63) is 87.4 Å². The predicted octanol–water partition coefficient (Wildman–Crippen LogP) is 7.31. The highest BCUT2D eigenvalue weighted by Gasteiger charge is 2.34. The number of ether oxygens (including phenoxy) is 3. The van der Waals surface area contributed by atoms with Gasteiger partial charge < -0.3 is 14.2 Å². The van der Waals surface area contributed by atoms with Gasteiger partial charge in [-0.05, 0) is 36.4 Å². The molecule has 0 N–H and O–H groups in total. The van der Waals surface area contributed by atoms with E-state index in [1.165, 1.54) is 36.4 Å². The Morgan fingerprint density at radius 2 is 1.68 bits per heavy atom. The molecule has 0 fully saturated rings. The zero-order valence-corrected chi connectivity index (χ0v) is 18.5. The van der Waals surface area contributed by atoms with Gasteiger partial charge in [0.25, 0.3) is 0 Å². The highest BCUT2D eigenvalue weighted by molar-refractivity contribution is 6.33. The number of rotatable bonds is 6. The number of benzene rings is 3. The summed E-state index contributed by atoms with van der Waals surface area (Å²) in [6.07, 6.45) is -4.63. The van der Waals surface area contributed by atoms with Crippen molar-refractivity contribution in [1.29, 1.82) is 0 Å². The molecule has 1 aliphatic heterocycles. The van der Waals surface area contributed by atoms with E-state index in [0.717, 1.165) is 18.2 Å². The van der Waals surface area contributed by atoms with E-state index >= 15 is 0 Å². The van der Waals surface area contributed by atoms with Crippen LogP contribution in [0.3, 0.4) is 0 Å². The van der Waals surface area contributed by atoms with Crippen molar-refractivity contribution in [2.75, 3.05) is 13.2 Å². The Kier molecular flexibility index (Phi) is 6.86. The van der Waals surface area contributed by atoms with Gasteiger partial charge in [-0.2, -0.15) is 13.2 Å². The molecule has 0 spiro atoms. The second-order valence-electron chi connectivity index (χ2n) is 7.12. The Bertz CT molecular complexity index is 1230. The SMILES string of the molecule is Fc1cccc(F)c1C1=NC(COc2ccc(Oc3cccc(C(F)(F)F)c3Cl)cc2Cl)CO1. The fourth-order valence-corrected chi connectivity index (χ4v) is 3.62. The molecule has 4 nitrogen and oxygen atoms in total. The summed E-state index contributed by atoms with van der Waals surface area (Å²) < 4.78 is 83.3. The van der Waals surface area contributed by atoms with E-state index < -0.39 is 34.4 Å². The Hall–Kier alpha value is -3.04. The van der Waals surface area contributed by atoms with Crippen molar-refractivity contribution in [3.63, 3.8) is 0 Å². The molecule has 1 atom stereocenters. The summed E-state index contributed by atoms with van der Waals surface area (Å²) in [6, 6.07) is 10.5. The van der Waals surface area contributed by atoms with E-state index in [-0.39, 0.29) is 46.9 Å². The van der Waals surface area contributed by atoms with Gasteiger partial charge in [0.1, 0.15) is 53.7 Å². The molecule has 0 saturated heterocycles. The Morgan fingerprint density at radius 3 is 2.35 bits per heavy atom. The number of hydrogen-bond donors (Lipinski definition) is 0. The molecule has 178 valence electrons. The van der Waals surface area contributed by atoms with E-state index in [1.54, 1.807) is 0 Å². The molecule has 0 amide bonds. The van der Waals surface area contributed by atoms with Crippen LogP contribution < -0.4 is 9.47 Å². The lowest BCUT2D eigenvalue weighted by Gasteiger charge is -2.14. The molecule has 1 aliphatic rings. The number of halogens is 7. The molecule has 0 aromatic heterocycles. The Morgan fingerprint density at radius 1 is 0.971 bits per heavy atom. The first kappa shape index (κ1) is 24.1. The smallest absolute Gasteiger partial charge is 0.417 e. The van der Waals surface area contributed by atoms with Gasteiger partial charge in [-0.3, -0.25) is 0 Å². The summed E-state index contributed by atoms with van der Waals surface area (Å²) in [7, 11) is 0. The van der Waals surface area contributed by atoms with Gasteiger partial charge in [-0.1, -0.05) is 35.3 Å². The maximum Gasteiger partial charge on any atom is 0.417 e. The number of alkyl halides is 3. The topological polar surface area (TPSA) is 40.0 Å². The third-order valence-electron chi connectivity index (χ3n) is 4.72. The second kappa shape index (κ2) is 9.68. The fraction of sp³-hybridized carbons (Fsp3) is 0.174. The molecule has 11 heteroatoms. The van der Waals surface area contributed by atoms with Gasteiger partial charge in [-0.15, -0.1) is 0 Å². The molecule has 3 aromatic rings. The normalized spacial score (nSPS) is 15.6. The lowest BCUT2D eigenvalue weighted by molar-refractivity contribution is -0.137. The predicted molar refractivity (Wildman–Crippen MR) is 116 cm³/mol. The van der Waals surface area contributed by atoms with Crippen molar-refractivity contribution >= 4 is 29.1 Å². The maximum atomic E-state index is 13.9. The van der Waals surface area contributed by atoms with E-state index in [1.807, 2.05) is 0 Å². The Labute approximate surface area is 200 Å². The van der Waals surface area contributed by atoms with Crippen LogP contribution in [0.4, 0.5) is 22.0 Å². The van der Waals surface area contributed by atoms with Gasteiger partial charge in [0.2, 0.25) is 5.90 Å². The summed E-state index contributed by atoms with van der Waals surface area (Å²) in [5, 5.41) is -0.462. The quantitative estimate of drug-likeness (QED) is 0.322. The lowest BCUT2D eigenvalue weighted by atomic mass is 10.2. The van der Waals surface area contributed by atoms with E-state index in [9.17, 15) is 22.0 Å². The molecule has 3 aromatic carbocycles. The monoisotopic (exact) mass is 517 g/mol. The van der Waals surface area contributed by atoms with Crippen molar-refractivity contribution < 1.29 is 36.2 Å². The van der Waals surface area contributed by atoms with Gasteiger partial charge >= 0.3 is 6.18 Å². The second-order valence-corrected chi connectivity index (χ2v) is 7.90. The van der Waals surface area contributed by atoms with E-state index in [4.69, 9.17) is 37.4 Å². The van der Waals surface area contributed by atoms with Crippen LogP contribution in [0.15, 0.2) is 59.6 Å². The number of nitrogens with zero attached hydrogens (tertiary/aromatic N) is 1. The largest absolute Gasteiger partial charge is 0.490 e. The molecular weight excluding hydrogens is 504 g/mol. The molecule has 0 radical (unpaired) electrons. The minimum atomic E-state index is -4.63. The first-order valence-electron chi connectivity index (χ1n) is 9.74. The molecule has 1 unspecified atom stereocenters. The molecular formula is C23H14Cl2F5NO3. The van der Waals surface area contributed by atoms with Gasteiger partial charge in [0, 0.05) is 6.07 Å². The molecule has 1 heterocycles. The summed E-state index contributed by atoms with van der Waals surface area (Å²) in [6.45, 7) is 0.0505. The van der Waals surface area contributed by atoms with E-state index in [0.29, 0.717) is 0 Å². The van der Waals surface area contributed by atoms with Crippen LogP contribution in [0.5, 0.6) is 17.2 Å². The van der Waals surface area contributed by atoms with Crippen LogP contribution in [0, 0.1) is 11.6 Å². The summed E-state index contributed by atoms with van der Waals surface area (Å²) in [5.74, 6) is -1.55. The third-order valence-corrected chi connectivity index (χ3v) is 5.41. The van der Waals surface area contributed by atoms with Gasteiger partial charge in [-0.25, -0.2) is 13.8 Å². The maximum absolute atomic E-state index is 13.9. The minimum absolute atomic E-state index is 0.00104. The van der Waals surface area contributed by atoms with E-state index in [2.05, 4.69) is 4.99 Å². The lowest BCUT2D eigenvalue weighted by Crippen LogP contribution is -2.17. The highest BCUT2D eigenvalue weighted by Crippen LogP contribution is 2.41. The summed E-state index contributed by atoms with van der Waals surface area (Å²) >= 11 is 12.0. The van der Waals surface area contributed by atoms with Gasteiger partial charge in [0.15, 0.2) is 0 Å². The highest BCUT2D eigenvalue weighted by atomic mass is 35.5. The van der Waals surface area contributed by atoms with Crippen LogP contribution in [0.25, 0.3) is 0 Å². The molecule has 0 bridgehead atoms. The first-order valence-corrected chi connectivity index (χ1v) is 10.5.